The highest BCUT2D eigenvalue weighted by Crippen LogP contribution is 2.22. The van der Waals surface area contributed by atoms with Crippen LogP contribution in [-0.4, -0.2) is 16.1 Å². The average molecular weight is 151 g/mol. The van der Waals surface area contributed by atoms with Crippen molar-refractivity contribution in [1.29, 1.82) is 0 Å². The molecule has 1 N–H and O–H groups in total. The number of nitrogens with one attached hydrogen (secondary N) is 1. The molecule has 0 unspecified atom stereocenters. The van der Waals surface area contributed by atoms with Crippen molar-refractivity contribution in [2.24, 2.45) is 0 Å². The second-order valence-corrected chi connectivity index (χ2v) is 3.22. The highest BCUT2D eigenvalue weighted by Gasteiger charge is 2.16. The third-order valence-electron chi connectivity index (χ3n) is 2.11. The molecule has 2 heterocycles. The van der Waals surface area contributed by atoms with Gasteiger partial charge in [-0.3, -0.25) is 0 Å². The van der Waals surface area contributed by atoms with Crippen LogP contribution in [0.5, 0.6) is 0 Å². The predicted octanol–water partition coefficient (Wildman–Crippen LogP) is 1.43. The molecular weight excluding hydrogens is 138 g/mol. The third kappa shape index (κ3) is 0.914. The van der Waals surface area contributed by atoms with Gasteiger partial charge in [-0.1, -0.05) is 0 Å². The van der Waals surface area contributed by atoms with Crippen LogP contribution in [0.4, 0.5) is 5.82 Å². The van der Waals surface area contributed by atoms with Crippen molar-refractivity contribution in [3.63, 3.8) is 0 Å². The molecule has 1 aromatic heterocycles. The van der Waals surface area contributed by atoms with E-state index in [1.54, 1.807) is 0 Å². The van der Waals surface area contributed by atoms with E-state index in [1.807, 2.05) is 6.33 Å². The van der Waals surface area contributed by atoms with Gasteiger partial charge < -0.3 is 9.88 Å². The standard InChI is InChI=1S/C8H13N3/c1-6(2)11-5-10-8-7(11)3-4-9-8/h5-6,9H,3-4H2,1-2H3. The maximum Gasteiger partial charge on any atom is 0.147 e. The fraction of sp³-hybridized carbons (Fsp3) is 0.625. The van der Waals surface area contributed by atoms with Crippen LogP contribution in [0, 0.1) is 0 Å². The van der Waals surface area contributed by atoms with E-state index in [2.05, 4.69) is 28.7 Å². The van der Waals surface area contributed by atoms with Crippen LogP contribution in [0.1, 0.15) is 25.6 Å². The molecule has 0 atom stereocenters. The Balaban J connectivity index is 2.42. The smallest absolute Gasteiger partial charge is 0.147 e. The Kier molecular flexibility index (Phi) is 1.37. The fourth-order valence-corrected chi connectivity index (χ4v) is 1.53. The molecule has 0 spiro atoms. The first-order valence-corrected chi connectivity index (χ1v) is 4.08. The number of fused-ring (bicyclic) bond motifs is 1. The summed E-state index contributed by atoms with van der Waals surface area (Å²) in [4.78, 5) is 4.27. The van der Waals surface area contributed by atoms with Gasteiger partial charge in [0.25, 0.3) is 0 Å². The van der Waals surface area contributed by atoms with Crippen LogP contribution in [-0.2, 0) is 6.42 Å². The predicted molar refractivity (Wildman–Crippen MR) is 44.8 cm³/mol. The minimum absolute atomic E-state index is 0.533. The number of anilines is 1. The van der Waals surface area contributed by atoms with E-state index < -0.39 is 0 Å². The molecule has 1 aliphatic rings. The van der Waals surface area contributed by atoms with Crippen molar-refractivity contribution in [3.8, 4) is 0 Å². The van der Waals surface area contributed by atoms with Crippen molar-refractivity contribution in [1.82, 2.24) is 9.55 Å². The largest absolute Gasteiger partial charge is 0.368 e. The van der Waals surface area contributed by atoms with Gasteiger partial charge in [-0.2, -0.15) is 0 Å². The van der Waals surface area contributed by atoms with Gasteiger partial charge in [-0.25, -0.2) is 4.98 Å². The monoisotopic (exact) mass is 151 g/mol. The van der Waals surface area contributed by atoms with Gasteiger partial charge in [0, 0.05) is 19.0 Å². The van der Waals surface area contributed by atoms with Crippen molar-refractivity contribution < 1.29 is 0 Å². The highest BCUT2D eigenvalue weighted by atomic mass is 15.2. The first-order chi connectivity index (χ1) is 5.29. The molecule has 3 heteroatoms. The molecule has 0 radical (unpaired) electrons. The van der Waals surface area contributed by atoms with E-state index in [-0.39, 0.29) is 0 Å². The SMILES string of the molecule is CC(C)n1cnc2c1CCN2. The van der Waals surface area contributed by atoms with Crippen molar-refractivity contribution in [3.05, 3.63) is 12.0 Å². The number of hydrogen-bond donors (Lipinski definition) is 1. The summed E-state index contributed by atoms with van der Waals surface area (Å²) in [5, 5.41) is 3.24. The lowest BCUT2D eigenvalue weighted by atomic mass is 10.3. The number of aromatic nitrogens is 2. The maximum atomic E-state index is 4.27. The molecule has 11 heavy (non-hydrogen) atoms. The zero-order valence-corrected chi connectivity index (χ0v) is 6.96. The number of nitrogens with zero attached hydrogens (tertiary/aromatic N) is 2. The zero-order chi connectivity index (χ0) is 7.84. The van der Waals surface area contributed by atoms with E-state index in [4.69, 9.17) is 0 Å². The van der Waals surface area contributed by atoms with E-state index in [0.717, 1.165) is 18.8 Å². The summed E-state index contributed by atoms with van der Waals surface area (Å²) in [6.45, 7) is 5.41. The zero-order valence-electron chi connectivity index (χ0n) is 6.96. The lowest BCUT2D eigenvalue weighted by molar-refractivity contribution is 0.578. The van der Waals surface area contributed by atoms with Gasteiger partial charge in [0.1, 0.15) is 5.82 Å². The Bertz CT molecular complexity index is 262. The topological polar surface area (TPSA) is 29.9 Å². The van der Waals surface area contributed by atoms with Crippen molar-refractivity contribution in [2.45, 2.75) is 26.3 Å². The first-order valence-electron chi connectivity index (χ1n) is 4.08. The fourth-order valence-electron chi connectivity index (χ4n) is 1.53. The van der Waals surface area contributed by atoms with Gasteiger partial charge in [-0.05, 0) is 13.8 Å². The van der Waals surface area contributed by atoms with Gasteiger partial charge in [0.15, 0.2) is 0 Å². The molecule has 0 aromatic carbocycles. The lowest BCUT2D eigenvalue weighted by Crippen LogP contribution is -2.03. The van der Waals surface area contributed by atoms with E-state index in [1.165, 1.54) is 5.69 Å². The molecule has 0 fully saturated rings. The molecule has 1 aromatic rings. The Morgan fingerprint density at radius 3 is 3.18 bits per heavy atom. The molecule has 2 rings (SSSR count). The Labute approximate surface area is 66.4 Å². The van der Waals surface area contributed by atoms with Crippen LogP contribution in [0.15, 0.2) is 6.33 Å². The van der Waals surface area contributed by atoms with E-state index >= 15 is 0 Å². The Hall–Kier alpha value is -0.990. The molecule has 60 valence electrons. The summed E-state index contributed by atoms with van der Waals surface area (Å²) in [6.07, 6.45) is 3.04. The van der Waals surface area contributed by atoms with Crippen LogP contribution in [0.3, 0.4) is 0 Å². The molecular formula is C8H13N3. The molecule has 0 saturated heterocycles. The van der Waals surface area contributed by atoms with Crippen molar-refractivity contribution >= 4 is 5.82 Å². The Morgan fingerprint density at radius 1 is 1.64 bits per heavy atom. The molecule has 0 amide bonds. The summed E-state index contributed by atoms with van der Waals surface area (Å²) in [6, 6.07) is 0.533. The minimum Gasteiger partial charge on any atom is -0.368 e. The summed E-state index contributed by atoms with van der Waals surface area (Å²) >= 11 is 0. The second-order valence-electron chi connectivity index (χ2n) is 3.22. The number of rotatable bonds is 1. The molecule has 3 nitrogen and oxygen atoms in total. The average Bonchev–Trinajstić information content (AvgIpc) is 2.41. The first kappa shape index (κ1) is 6.70. The Morgan fingerprint density at radius 2 is 2.45 bits per heavy atom. The van der Waals surface area contributed by atoms with Gasteiger partial charge in [0.05, 0.1) is 12.0 Å². The van der Waals surface area contributed by atoms with Crippen LogP contribution in [0.25, 0.3) is 0 Å². The second kappa shape index (κ2) is 2.26. The summed E-state index contributed by atoms with van der Waals surface area (Å²) in [5.41, 5.74) is 1.36. The van der Waals surface area contributed by atoms with Crippen molar-refractivity contribution in [2.75, 3.05) is 11.9 Å². The van der Waals surface area contributed by atoms with Crippen LogP contribution in [0.2, 0.25) is 0 Å². The summed E-state index contributed by atoms with van der Waals surface area (Å²) < 4.78 is 2.23. The summed E-state index contributed by atoms with van der Waals surface area (Å²) in [7, 11) is 0. The lowest BCUT2D eigenvalue weighted by Gasteiger charge is -2.08. The molecule has 0 saturated carbocycles. The van der Waals surface area contributed by atoms with Crippen LogP contribution < -0.4 is 5.32 Å². The molecule has 0 aliphatic carbocycles. The molecule has 0 bridgehead atoms. The maximum absolute atomic E-state index is 4.27. The van der Waals surface area contributed by atoms with Gasteiger partial charge >= 0.3 is 0 Å². The summed E-state index contributed by atoms with van der Waals surface area (Å²) in [5.74, 6) is 1.08. The van der Waals surface area contributed by atoms with E-state index in [9.17, 15) is 0 Å². The van der Waals surface area contributed by atoms with E-state index in [0.29, 0.717) is 6.04 Å². The highest BCUT2D eigenvalue weighted by molar-refractivity contribution is 5.45. The minimum atomic E-state index is 0.533. The van der Waals surface area contributed by atoms with Gasteiger partial charge in [-0.15, -0.1) is 0 Å². The number of hydrogen-bond acceptors (Lipinski definition) is 2. The van der Waals surface area contributed by atoms with Gasteiger partial charge in [0.2, 0.25) is 0 Å². The molecule has 1 aliphatic heterocycles. The third-order valence-corrected chi connectivity index (χ3v) is 2.11. The quantitative estimate of drug-likeness (QED) is 0.658. The van der Waals surface area contributed by atoms with Crippen LogP contribution >= 0.6 is 0 Å². The number of imidazole rings is 1. The normalized spacial score (nSPS) is 15.2.